The Balaban J connectivity index is 0.00000364. The Morgan fingerprint density at radius 2 is 1.93 bits per heavy atom. The van der Waals surface area contributed by atoms with Gasteiger partial charge in [0.1, 0.15) is 5.82 Å². The Morgan fingerprint density at radius 3 is 2.52 bits per heavy atom. The minimum atomic E-state index is -4.50. The number of nitrogens with zero attached hydrogens (tertiary/aromatic N) is 3. The van der Waals surface area contributed by atoms with E-state index in [0.717, 1.165) is 15.8 Å². The fraction of sp³-hybridized carbons (Fsp3) is 0.412. The van der Waals surface area contributed by atoms with Crippen LogP contribution in [0.1, 0.15) is 22.4 Å². The smallest absolute Gasteiger partial charge is 0.356 e. The number of halogens is 5. The second-order valence-corrected chi connectivity index (χ2v) is 5.85. The number of benzene rings is 1. The SMILES string of the molecule is CN=C(NCCc1ccc(F)cc1C)NCc1cn(C)nc1C(F)(F)F.I. The van der Waals surface area contributed by atoms with Crippen LogP contribution in [-0.4, -0.2) is 29.3 Å². The molecule has 150 valence electrons. The van der Waals surface area contributed by atoms with Gasteiger partial charge in [0.25, 0.3) is 0 Å². The summed E-state index contributed by atoms with van der Waals surface area (Å²) < 4.78 is 53.1. The molecule has 2 aromatic rings. The second kappa shape index (κ2) is 9.90. The Bertz CT molecular complexity index is 786. The Hall–Kier alpha value is -1.85. The summed E-state index contributed by atoms with van der Waals surface area (Å²) in [6.07, 6.45) is -2.55. The van der Waals surface area contributed by atoms with Gasteiger partial charge in [0, 0.05) is 38.9 Å². The molecule has 0 saturated carbocycles. The number of nitrogens with one attached hydrogen (secondary N) is 2. The molecule has 10 heteroatoms. The van der Waals surface area contributed by atoms with Crippen molar-refractivity contribution in [2.75, 3.05) is 13.6 Å². The quantitative estimate of drug-likeness (QED) is 0.287. The molecular formula is C17H22F4IN5. The molecule has 0 amide bonds. The highest BCUT2D eigenvalue weighted by molar-refractivity contribution is 14.0. The van der Waals surface area contributed by atoms with Crippen molar-refractivity contribution >= 4 is 29.9 Å². The van der Waals surface area contributed by atoms with Gasteiger partial charge in [0.05, 0.1) is 0 Å². The number of aryl methyl sites for hydroxylation is 2. The van der Waals surface area contributed by atoms with Gasteiger partial charge in [0.15, 0.2) is 11.7 Å². The van der Waals surface area contributed by atoms with Crippen molar-refractivity contribution in [3.8, 4) is 0 Å². The maximum Gasteiger partial charge on any atom is 0.435 e. The zero-order valence-corrected chi connectivity index (χ0v) is 17.5. The van der Waals surface area contributed by atoms with E-state index in [4.69, 9.17) is 0 Å². The van der Waals surface area contributed by atoms with Crippen molar-refractivity contribution in [1.29, 1.82) is 0 Å². The van der Waals surface area contributed by atoms with E-state index in [0.29, 0.717) is 18.9 Å². The predicted molar refractivity (Wildman–Crippen MR) is 107 cm³/mol. The number of guanidine groups is 1. The predicted octanol–water partition coefficient (Wildman–Crippen LogP) is 3.41. The lowest BCUT2D eigenvalue weighted by Crippen LogP contribution is -2.38. The molecular weight excluding hydrogens is 477 g/mol. The van der Waals surface area contributed by atoms with Gasteiger partial charge in [-0.15, -0.1) is 24.0 Å². The van der Waals surface area contributed by atoms with Crippen LogP contribution in [0.5, 0.6) is 0 Å². The van der Waals surface area contributed by atoms with E-state index in [1.54, 1.807) is 6.07 Å². The van der Waals surface area contributed by atoms with E-state index in [2.05, 4.69) is 20.7 Å². The first-order valence-electron chi connectivity index (χ1n) is 8.00. The zero-order chi connectivity index (χ0) is 19.3. The van der Waals surface area contributed by atoms with Gasteiger partial charge >= 0.3 is 6.18 Å². The minimum Gasteiger partial charge on any atom is -0.356 e. The number of alkyl halides is 3. The van der Waals surface area contributed by atoms with Crippen molar-refractivity contribution in [1.82, 2.24) is 20.4 Å². The molecule has 0 spiro atoms. The van der Waals surface area contributed by atoms with Gasteiger partial charge in [-0.3, -0.25) is 9.67 Å². The van der Waals surface area contributed by atoms with E-state index in [-0.39, 0.29) is 41.9 Å². The average molecular weight is 499 g/mol. The van der Waals surface area contributed by atoms with Crippen molar-refractivity contribution in [2.45, 2.75) is 26.1 Å². The summed E-state index contributed by atoms with van der Waals surface area (Å²) in [4.78, 5) is 4.00. The number of hydrogen-bond acceptors (Lipinski definition) is 2. The van der Waals surface area contributed by atoms with Gasteiger partial charge in [-0.1, -0.05) is 6.07 Å². The lowest BCUT2D eigenvalue weighted by molar-refractivity contribution is -0.142. The summed E-state index contributed by atoms with van der Waals surface area (Å²) in [5.41, 5.74) is 0.961. The van der Waals surface area contributed by atoms with Crippen LogP contribution in [0.4, 0.5) is 17.6 Å². The van der Waals surface area contributed by atoms with Crippen LogP contribution >= 0.6 is 24.0 Å². The molecule has 0 aliphatic heterocycles. The number of aromatic nitrogens is 2. The molecule has 0 fully saturated rings. The molecule has 0 radical (unpaired) electrons. The molecule has 0 unspecified atom stereocenters. The molecule has 0 bridgehead atoms. The lowest BCUT2D eigenvalue weighted by Gasteiger charge is -2.13. The van der Waals surface area contributed by atoms with Crippen molar-refractivity contribution < 1.29 is 17.6 Å². The van der Waals surface area contributed by atoms with Gasteiger partial charge in [-0.25, -0.2) is 4.39 Å². The van der Waals surface area contributed by atoms with Crippen LogP contribution in [-0.2, 0) is 26.2 Å². The standard InChI is InChI=1S/C17H21F4N5.HI/c1-11-8-14(18)5-4-12(11)6-7-23-16(22-2)24-9-13-10-26(3)25-15(13)17(19,20)21;/h4-5,8,10H,6-7,9H2,1-3H3,(H2,22,23,24);1H. The Kier molecular flexibility index (Phi) is 8.51. The number of rotatable bonds is 5. The summed E-state index contributed by atoms with van der Waals surface area (Å²) in [7, 11) is 2.98. The van der Waals surface area contributed by atoms with Crippen LogP contribution < -0.4 is 10.6 Å². The van der Waals surface area contributed by atoms with Gasteiger partial charge in [-0.2, -0.15) is 18.3 Å². The third-order valence-corrected chi connectivity index (χ3v) is 3.83. The van der Waals surface area contributed by atoms with Crippen molar-refractivity contribution in [2.24, 2.45) is 12.0 Å². The number of aliphatic imine (C=N–C) groups is 1. The third kappa shape index (κ3) is 6.67. The summed E-state index contributed by atoms with van der Waals surface area (Å²) >= 11 is 0. The third-order valence-electron chi connectivity index (χ3n) is 3.83. The van der Waals surface area contributed by atoms with E-state index in [1.165, 1.54) is 32.4 Å². The minimum absolute atomic E-state index is 0. The molecule has 1 aromatic heterocycles. The monoisotopic (exact) mass is 499 g/mol. The maximum atomic E-state index is 13.1. The lowest BCUT2D eigenvalue weighted by atomic mass is 10.1. The van der Waals surface area contributed by atoms with Crippen LogP contribution in [0.3, 0.4) is 0 Å². The molecule has 1 heterocycles. The zero-order valence-electron chi connectivity index (χ0n) is 15.2. The first kappa shape index (κ1) is 23.2. The highest BCUT2D eigenvalue weighted by atomic mass is 127. The van der Waals surface area contributed by atoms with Crippen LogP contribution in [0.25, 0.3) is 0 Å². The average Bonchev–Trinajstić information content (AvgIpc) is 2.93. The van der Waals surface area contributed by atoms with Gasteiger partial charge < -0.3 is 10.6 Å². The summed E-state index contributed by atoms with van der Waals surface area (Å²) in [6.45, 7) is 2.27. The van der Waals surface area contributed by atoms with Crippen molar-refractivity contribution in [3.05, 3.63) is 52.6 Å². The summed E-state index contributed by atoms with van der Waals surface area (Å²) in [5, 5.41) is 9.34. The van der Waals surface area contributed by atoms with E-state index >= 15 is 0 Å². The van der Waals surface area contributed by atoms with Crippen LogP contribution in [0, 0.1) is 12.7 Å². The Labute approximate surface area is 172 Å². The van der Waals surface area contributed by atoms with Gasteiger partial charge in [-0.05, 0) is 36.6 Å². The molecule has 0 aliphatic rings. The molecule has 2 rings (SSSR count). The molecule has 1 aromatic carbocycles. The fourth-order valence-corrected chi connectivity index (χ4v) is 2.56. The van der Waals surface area contributed by atoms with Gasteiger partial charge in [0.2, 0.25) is 0 Å². The van der Waals surface area contributed by atoms with Crippen molar-refractivity contribution in [3.63, 3.8) is 0 Å². The maximum absolute atomic E-state index is 13.1. The molecule has 0 atom stereocenters. The largest absolute Gasteiger partial charge is 0.435 e. The molecule has 2 N–H and O–H groups in total. The van der Waals surface area contributed by atoms with E-state index < -0.39 is 11.9 Å². The normalized spacial score (nSPS) is 11.9. The van der Waals surface area contributed by atoms with E-state index in [1.807, 2.05) is 6.92 Å². The highest BCUT2D eigenvalue weighted by Gasteiger charge is 2.36. The molecule has 27 heavy (non-hydrogen) atoms. The Morgan fingerprint density at radius 1 is 1.22 bits per heavy atom. The summed E-state index contributed by atoms with van der Waals surface area (Å²) in [6, 6.07) is 4.58. The topological polar surface area (TPSA) is 54.2 Å². The fourth-order valence-electron chi connectivity index (χ4n) is 2.56. The van der Waals surface area contributed by atoms with E-state index in [9.17, 15) is 17.6 Å². The molecule has 0 saturated heterocycles. The highest BCUT2D eigenvalue weighted by Crippen LogP contribution is 2.30. The summed E-state index contributed by atoms with van der Waals surface area (Å²) in [5.74, 6) is 0.0929. The first-order valence-corrected chi connectivity index (χ1v) is 8.00. The van der Waals surface area contributed by atoms with Crippen LogP contribution in [0.15, 0.2) is 29.4 Å². The molecule has 5 nitrogen and oxygen atoms in total. The number of hydrogen-bond donors (Lipinski definition) is 2. The van der Waals surface area contributed by atoms with Crippen LogP contribution in [0.2, 0.25) is 0 Å². The second-order valence-electron chi connectivity index (χ2n) is 5.85. The molecule has 0 aliphatic carbocycles. The first-order chi connectivity index (χ1) is 12.2.